The minimum atomic E-state index is -0.600. The van der Waals surface area contributed by atoms with Crippen LogP contribution in [0.1, 0.15) is 11.6 Å². The maximum atomic E-state index is 13.2. The van der Waals surface area contributed by atoms with E-state index in [1.807, 2.05) is 0 Å². The van der Waals surface area contributed by atoms with Crippen molar-refractivity contribution in [2.45, 2.75) is 6.04 Å². The number of hydrogen-bond donors (Lipinski definition) is 2. The molecule has 1 rings (SSSR count). The topological polar surface area (TPSA) is 38.0 Å². The maximum Gasteiger partial charge on any atom is 0.129 e. The molecule has 0 aliphatic carbocycles. The monoisotopic (exact) mass is 242 g/mol. The van der Waals surface area contributed by atoms with Gasteiger partial charge >= 0.3 is 0 Å². The Labute approximate surface area is 84.4 Å². The summed E-state index contributed by atoms with van der Waals surface area (Å²) < 4.78 is 13.9. The van der Waals surface area contributed by atoms with E-state index in [1.54, 1.807) is 12.1 Å². The zero-order chi connectivity index (χ0) is 9.84. The van der Waals surface area contributed by atoms with Crippen LogP contribution in [0.2, 0.25) is 0 Å². The van der Waals surface area contributed by atoms with Gasteiger partial charge in [0.1, 0.15) is 11.9 Å². The third-order valence-corrected chi connectivity index (χ3v) is 2.10. The van der Waals surface area contributed by atoms with Gasteiger partial charge in [0, 0.05) is 10.0 Å². The van der Waals surface area contributed by atoms with Gasteiger partial charge < -0.3 is 0 Å². The molecule has 0 heterocycles. The molecular weight excluding hydrogens is 235 g/mol. The first kappa shape index (κ1) is 10.2. The second kappa shape index (κ2) is 4.38. The molecule has 0 saturated heterocycles. The van der Waals surface area contributed by atoms with E-state index in [4.69, 9.17) is 12.3 Å². The van der Waals surface area contributed by atoms with E-state index in [1.165, 1.54) is 6.07 Å². The number of hydrogen-bond acceptors (Lipinski definition) is 2. The highest BCUT2D eigenvalue weighted by atomic mass is 79.9. The number of hydrazine groups is 1. The van der Waals surface area contributed by atoms with Crippen molar-refractivity contribution < 1.29 is 4.39 Å². The molecular formula is C9H8BrFN2. The smallest absolute Gasteiger partial charge is 0.129 e. The maximum absolute atomic E-state index is 13.2. The number of nitrogens with one attached hydrogen (secondary N) is 1. The molecule has 1 unspecified atom stereocenters. The van der Waals surface area contributed by atoms with Crippen LogP contribution in [0.3, 0.4) is 0 Å². The van der Waals surface area contributed by atoms with Crippen LogP contribution in [0.4, 0.5) is 4.39 Å². The van der Waals surface area contributed by atoms with Crippen LogP contribution in [-0.4, -0.2) is 0 Å². The van der Waals surface area contributed by atoms with E-state index in [-0.39, 0.29) is 5.82 Å². The third-order valence-electron chi connectivity index (χ3n) is 1.60. The minimum Gasteiger partial charge on any atom is -0.270 e. The fraction of sp³-hybridized carbons (Fsp3) is 0.111. The number of nitrogens with two attached hydrogens (primary N) is 1. The molecule has 0 bridgehead atoms. The molecule has 3 N–H and O–H groups in total. The van der Waals surface area contributed by atoms with E-state index in [9.17, 15) is 4.39 Å². The van der Waals surface area contributed by atoms with Gasteiger partial charge in [-0.25, -0.2) is 9.82 Å². The fourth-order valence-electron chi connectivity index (χ4n) is 0.964. The SMILES string of the molecule is C#CC(NN)c1cc(Br)ccc1F. The summed E-state index contributed by atoms with van der Waals surface area (Å²) in [5.41, 5.74) is 2.70. The van der Waals surface area contributed by atoms with Gasteiger partial charge in [0.25, 0.3) is 0 Å². The predicted octanol–water partition coefficient (Wildman–Crippen LogP) is 1.73. The molecule has 4 heteroatoms. The molecule has 0 fully saturated rings. The molecule has 1 aromatic carbocycles. The molecule has 0 spiro atoms. The number of terminal acetylenes is 1. The lowest BCUT2D eigenvalue weighted by molar-refractivity contribution is 0.574. The molecule has 13 heavy (non-hydrogen) atoms. The number of rotatable bonds is 2. The lowest BCUT2D eigenvalue weighted by Gasteiger charge is -2.10. The average Bonchev–Trinajstić information content (AvgIpc) is 2.13. The van der Waals surface area contributed by atoms with Crippen molar-refractivity contribution in [3.05, 3.63) is 34.1 Å². The lowest BCUT2D eigenvalue weighted by atomic mass is 10.1. The van der Waals surface area contributed by atoms with E-state index in [0.717, 1.165) is 4.47 Å². The zero-order valence-electron chi connectivity index (χ0n) is 6.72. The van der Waals surface area contributed by atoms with Crippen molar-refractivity contribution >= 4 is 15.9 Å². The van der Waals surface area contributed by atoms with E-state index < -0.39 is 6.04 Å². The average molecular weight is 243 g/mol. The van der Waals surface area contributed by atoms with Gasteiger partial charge in [0.15, 0.2) is 0 Å². The van der Waals surface area contributed by atoms with Gasteiger partial charge in [-0.2, -0.15) is 0 Å². The van der Waals surface area contributed by atoms with Crippen molar-refractivity contribution in [1.29, 1.82) is 0 Å². The summed E-state index contributed by atoms with van der Waals surface area (Å²) in [6.07, 6.45) is 5.16. The van der Waals surface area contributed by atoms with Crippen LogP contribution in [0.15, 0.2) is 22.7 Å². The molecule has 0 aliphatic heterocycles. The van der Waals surface area contributed by atoms with E-state index in [0.29, 0.717) is 5.56 Å². The standard InChI is InChI=1S/C9H8BrFN2/c1-2-9(13-12)7-5-6(10)3-4-8(7)11/h1,3-5,9,13H,12H2. The van der Waals surface area contributed by atoms with Crippen molar-refractivity contribution in [2.24, 2.45) is 5.84 Å². The molecule has 0 aromatic heterocycles. The normalized spacial score (nSPS) is 12.2. The highest BCUT2D eigenvalue weighted by Crippen LogP contribution is 2.20. The Morgan fingerprint density at radius 1 is 1.62 bits per heavy atom. The van der Waals surface area contributed by atoms with Crippen molar-refractivity contribution in [1.82, 2.24) is 5.43 Å². The summed E-state index contributed by atoms with van der Waals surface area (Å²) >= 11 is 3.22. The highest BCUT2D eigenvalue weighted by Gasteiger charge is 2.11. The van der Waals surface area contributed by atoms with Crippen LogP contribution >= 0.6 is 15.9 Å². The third kappa shape index (κ3) is 2.28. The van der Waals surface area contributed by atoms with Crippen LogP contribution < -0.4 is 11.3 Å². The van der Waals surface area contributed by atoms with Gasteiger partial charge in [-0.3, -0.25) is 5.84 Å². The number of benzene rings is 1. The molecule has 0 saturated carbocycles. The van der Waals surface area contributed by atoms with Gasteiger partial charge in [0.05, 0.1) is 0 Å². The first-order valence-corrected chi connectivity index (χ1v) is 4.35. The quantitative estimate of drug-likeness (QED) is 0.471. The van der Waals surface area contributed by atoms with Crippen LogP contribution in [0, 0.1) is 18.2 Å². The summed E-state index contributed by atoms with van der Waals surface area (Å²) in [6.45, 7) is 0. The van der Waals surface area contributed by atoms with Crippen molar-refractivity contribution in [3.8, 4) is 12.3 Å². The van der Waals surface area contributed by atoms with E-state index in [2.05, 4.69) is 27.3 Å². The molecule has 2 nitrogen and oxygen atoms in total. The summed E-state index contributed by atoms with van der Waals surface area (Å²) in [5, 5.41) is 0. The predicted molar refractivity (Wildman–Crippen MR) is 53.0 cm³/mol. The molecule has 0 aliphatic rings. The Morgan fingerprint density at radius 2 is 2.31 bits per heavy atom. The second-order valence-electron chi connectivity index (χ2n) is 2.43. The summed E-state index contributed by atoms with van der Waals surface area (Å²) in [7, 11) is 0. The highest BCUT2D eigenvalue weighted by molar-refractivity contribution is 9.10. The molecule has 1 aromatic rings. The van der Waals surface area contributed by atoms with Crippen molar-refractivity contribution in [3.63, 3.8) is 0 Å². The molecule has 1 atom stereocenters. The first-order valence-electron chi connectivity index (χ1n) is 3.56. The van der Waals surface area contributed by atoms with Gasteiger partial charge in [-0.15, -0.1) is 6.42 Å². The largest absolute Gasteiger partial charge is 0.270 e. The Kier molecular flexibility index (Phi) is 3.43. The number of halogens is 2. The Balaban J connectivity index is 3.13. The second-order valence-corrected chi connectivity index (χ2v) is 3.35. The molecule has 0 radical (unpaired) electrons. The van der Waals surface area contributed by atoms with Gasteiger partial charge in [-0.05, 0) is 18.2 Å². The summed E-state index contributed by atoms with van der Waals surface area (Å²) in [6, 6.07) is 3.93. The van der Waals surface area contributed by atoms with Gasteiger partial charge in [0.2, 0.25) is 0 Å². The fourth-order valence-corrected chi connectivity index (χ4v) is 1.34. The van der Waals surface area contributed by atoms with Crippen LogP contribution in [0.25, 0.3) is 0 Å². The lowest BCUT2D eigenvalue weighted by Crippen LogP contribution is -2.27. The van der Waals surface area contributed by atoms with Crippen LogP contribution in [-0.2, 0) is 0 Å². The Hall–Kier alpha value is -0.890. The Bertz CT molecular complexity index is 346. The first-order chi connectivity index (χ1) is 6.19. The summed E-state index contributed by atoms with van der Waals surface area (Å²) in [5.74, 6) is 7.13. The molecule has 68 valence electrons. The minimum absolute atomic E-state index is 0.361. The van der Waals surface area contributed by atoms with Crippen LogP contribution in [0.5, 0.6) is 0 Å². The molecule has 0 amide bonds. The van der Waals surface area contributed by atoms with Crippen molar-refractivity contribution in [2.75, 3.05) is 0 Å². The Morgan fingerprint density at radius 3 is 2.85 bits per heavy atom. The zero-order valence-corrected chi connectivity index (χ0v) is 8.31. The van der Waals surface area contributed by atoms with E-state index >= 15 is 0 Å². The van der Waals surface area contributed by atoms with Gasteiger partial charge in [-0.1, -0.05) is 21.9 Å². The summed E-state index contributed by atoms with van der Waals surface area (Å²) in [4.78, 5) is 0.